The Morgan fingerprint density at radius 2 is 1.70 bits per heavy atom. The highest BCUT2D eigenvalue weighted by molar-refractivity contribution is 14.0. The Hall–Kier alpha value is -2.17. The molecule has 1 unspecified atom stereocenters. The number of hydrogen-bond donors (Lipinski definition) is 2. The standard InChI is InChI=1S/C18H20F3N3O2.HI/c1-12(13-7-3-5-9-15(13)25-2)11-23-17(22)24-14-8-4-6-10-16(14)26-18(19,20)21;/h3-10,12H,11H2,1-2H3,(H3,22,23,24);1H. The lowest BCUT2D eigenvalue weighted by Gasteiger charge is -2.15. The molecular weight excluding hydrogens is 474 g/mol. The molecular formula is C18H21F3IN3O2. The van der Waals surface area contributed by atoms with Crippen LogP contribution in [-0.2, 0) is 0 Å². The quantitative estimate of drug-likeness (QED) is 0.345. The minimum absolute atomic E-state index is 0. The van der Waals surface area contributed by atoms with Crippen molar-refractivity contribution in [1.29, 1.82) is 0 Å². The summed E-state index contributed by atoms with van der Waals surface area (Å²) in [7, 11) is 1.59. The monoisotopic (exact) mass is 495 g/mol. The van der Waals surface area contributed by atoms with Gasteiger partial charge in [-0.15, -0.1) is 37.1 Å². The van der Waals surface area contributed by atoms with Crippen molar-refractivity contribution in [3.05, 3.63) is 54.1 Å². The Labute approximate surface area is 172 Å². The molecule has 0 aliphatic rings. The molecule has 0 heterocycles. The third-order valence-electron chi connectivity index (χ3n) is 3.58. The lowest BCUT2D eigenvalue weighted by Crippen LogP contribution is -2.25. The number of ether oxygens (including phenoxy) is 2. The Morgan fingerprint density at radius 3 is 2.33 bits per heavy atom. The van der Waals surface area contributed by atoms with Crippen LogP contribution in [0.1, 0.15) is 18.4 Å². The number of nitrogens with zero attached hydrogens (tertiary/aromatic N) is 1. The molecule has 0 saturated carbocycles. The molecule has 0 aliphatic heterocycles. The molecule has 0 spiro atoms. The van der Waals surface area contributed by atoms with E-state index in [0.29, 0.717) is 6.54 Å². The summed E-state index contributed by atoms with van der Waals surface area (Å²) in [5, 5.41) is 2.64. The summed E-state index contributed by atoms with van der Waals surface area (Å²) in [6.45, 7) is 2.29. The molecule has 1 atom stereocenters. The largest absolute Gasteiger partial charge is 0.573 e. The zero-order valence-electron chi connectivity index (χ0n) is 14.8. The molecule has 2 aromatic rings. The first-order chi connectivity index (χ1) is 12.3. The van der Waals surface area contributed by atoms with Gasteiger partial charge in [-0.2, -0.15) is 0 Å². The van der Waals surface area contributed by atoms with Gasteiger partial charge >= 0.3 is 6.36 Å². The molecule has 0 radical (unpaired) electrons. The van der Waals surface area contributed by atoms with E-state index in [1.807, 2.05) is 31.2 Å². The minimum Gasteiger partial charge on any atom is -0.496 e. The Morgan fingerprint density at radius 1 is 1.11 bits per heavy atom. The predicted molar refractivity (Wildman–Crippen MR) is 110 cm³/mol. The fraction of sp³-hybridized carbons (Fsp3) is 0.278. The second-order valence-corrected chi connectivity index (χ2v) is 5.54. The van der Waals surface area contributed by atoms with E-state index < -0.39 is 6.36 Å². The lowest BCUT2D eigenvalue weighted by molar-refractivity contribution is -0.274. The summed E-state index contributed by atoms with van der Waals surface area (Å²) in [4.78, 5) is 4.20. The maximum absolute atomic E-state index is 12.4. The zero-order valence-corrected chi connectivity index (χ0v) is 17.1. The average molecular weight is 495 g/mol. The van der Waals surface area contributed by atoms with Crippen molar-refractivity contribution in [3.63, 3.8) is 0 Å². The number of hydrogen-bond acceptors (Lipinski definition) is 3. The van der Waals surface area contributed by atoms with Crippen molar-refractivity contribution in [2.45, 2.75) is 19.2 Å². The number of nitrogens with one attached hydrogen (secondary N) is 1. The van der Waals surface area contributed by atoms with E-state index in [1.165, 1.54) is 18.2 Å². The molecule has 0 fully saturated rings. The first-order valence-electron chi connectivity index (χ1n) is 7.85. The topological polar surface area (TPSA) is 68.9 Å². The van der Waals surface area contributed by atoms with E-state index in [2.05, 4.69) is 15.0 Å². The van der Waals surface area contributed by atoms with Crippen LogP contribution in [0.2, 0.25) is 0 Å². The Kier molecular flexibility index (Phi) is 8.67. The molecule has 2 rings (SSSR count). The number of methoxy groups -OCH3 is 1. The fourth-order valence-electron chi connectivity index (χ4n) is 2.37. The van der Waals surface area contributed by atoms with E-state index in [-0.39, 0.29) is 47.3 Å². The van der Waals surface area contributed by atoms with E-state index in [4.69, 9.17) is 10.5 Å². The first kappa shape index (κ1) is 22.9. The third kappa shape index (κ3) is 7.16. The van der Waals surface area contributed by atoms with Crippen molar-refractivity contribution in [2.75, 3.05) is 19.0 Å². The van der Waals surface area contributed by atoms with Gasteiger partial charge in [0.15, 0.2) is 11.7 Å². The van der Waals surface area contributed by atoms with Crippen LogP contribution in [0.25, 0.3) is 0 Å². The summed E-state index contributed by atoms with van der Waals surface area (Å²) in [5.41, 5.74) is 6.85. The van der Waals surface area contributed by atoms with Crippen molar-refractivity contribution in [3.8, 4) is 11.5 Å². The number of rotatable bonds is 6. The van der Waals surface area contributed by atoms with Gasteiger partial charge in [-0.25, -0.2) is 0 Å². The van der Waals surface area contributed by atoms with Crippen LogP contribution in [0.15, 0.2) is 53.5 Å². The molecule has 0 amide bonds. The molecule has 5 nitrogen and oxygen atoms in total. The van der Waals surface area contributed by atoms with Crippen LogP contribution in [-0.4, -0.2) is 26.0 Å². The Balaban J connectivity index is 0.00000364. The van der Waals surface area contributed by atoms with Crippen LogP contribution < -0.4 is 20.5 Å². The van der Waals surface area contributed by atoms with Crippen molar-refractivity contribution >= 4 is 35.6 Å². The normalized spacial score (nSPS) is 12.7. The van der Waals surface area contributed by atoms with Crippen molar-refractivity contribution < 1.29 is 22.6 Å². The number of guanidine groups is 1. The van der Waals surface area contributed by atoms with Crippen LogP contribution in [0, 0.1) is 0 Å². The molecule has 0 bridgehead atoms. The van der Waals surface area contributed by atoms with Crippen molar-refractivity contribution in [1.82, 2.24) is 0 Å². The maximum Gasteiger partial charge on any atom is 0.573 e. The van der Waals surface area contributed by atoms with E-state index in [9.17, 15) is 13.2 Å². The summed E-state index contributed by atoms with van der Waals surface area (Å²) >= 11 is 0. The van der Waals surface area contributed by atoms with Gasteiger partial charge in [0.05, 0.1) is 12.8 Å². The second-order valence-electron chi connectivity index (χ2n) is 5.54. The number of aliphatic imine (C=N–C) groups is 1. The van der Waals surface area contributed by atoms with Gasteiger partial charge in [0.1, 0.15) is 5.75 Å². The summed E-state index contributed by atoms with van der Waals surface area (Å²) in [6, 6.07) is 13.2. The SMILES string of the molecule is COc1ccccc1C(C)CN=C(N)Nc1ccccc1OC(F)(F)F.I. The average Bonchev–Trinajstić information content (AvgIpc) is 2.60. The number of alkyl halides is 3. The summed E-state index contributed by atoms with van der Waals surface area (Å²) in [5.74, 6) is 0.361. The van der Waals surface area contributed by atoms with Gasteiger partial charge in [0.25, 0.3) is 0 Å². The van der Waals surface area contributed by atoms with Crippen LogP contribution in [0.5, 0.6) is 11.5 Å². The molecule has 3 N–H and O–H groups in total. The van der Waals surface area contributed by atoms with Gasteiger partial charge in [0.2, 0.25) is 0 Å². The number of nitrogens with two attached hydrogens (primary N) is 1. The smallest absolute Gasteiger partial charge is 0.496 e. The van der Waals surface area contributed by atoms with Crippen LogP contribution in [0.3, 0.4) is 0 Å². The summed E-state index contributed by atoms with van der Waals surface area (Å²) in [6.07, 6.45) is -4.79. The Bertz CT molecular complexity index is 770. The van der Waals surface area contributed by atoms with Gasteiger partial charge in [-0.05, 0) is 23.8 Å². The maximum atomic E-state index is 12.4. The van der Waals surface area contributed by atoms with E-state index in [0.717, 1.165) is 11.3 Å². The molecule has 148 valence electrons. The molecule has 0 aromatic heterocycles. The number of para-hydroxylation sites is 3. The van der Waals surface area contributed by atoms with Gasteiger partial charge in [0, 0.05) is 12.5 Å². The molecule has 2 aromatic carbocycles. The third-order valence-corrected chi connectivity index (χ3v) is 3.58. The first-order valence-corrected chi connectivity index (χ1v) is 7.85. The van der Waals surface area contributed by atoms with Crippen LogP contribution in [0.4, 0.5) is 18.9 Å². The summed E-state index contributed by atoms with van der Waals surface area (Å²) < 4.78 is 46.6. The highest BCUT2D eigenvalue weighted by Crippen LogP contribution is 2.30. The van der Waals surface area contributed by atoms with Gasteiger partial charge in [-0.3, -0.25) is 4.99 Å². The fourth-order valence-corrected chi connectivity index (χ4v) is 2.37. The highest BCUT2D eigenvalue weighted by Gasteiger charge is 2.32. The van der Waals surface area contributed by atoms with E-state index >= 15 is 0 Å². The zero-order chi connectivity index (χ0) is 19.2. The number of anilines is 1. The molecule has 27 heavy (non-hydrogen) atoms. The van der Waals surface area contributed by atoms with Crippen molar-refractivity contribution in [2.24, 2.45) is 10.7 Å². The van der Waals surface area contributed by atoms with Gasteiger partial charge < -0.3 is 20.5 Å². The number of halogens is 4. The molecule has 9 heteroatoms. The lowest BCUT2D eigenvalue weighted by atomic mass is 10.0. The van der Waals surface area contributed by atoms with Gasteiger partial charge in [-0.1, -0.05) is 37.3 Å². The highest BCUT2D eigenvalue weighted by atomic mass is 127. The number of benzene rings is 2. The molecule has 0 saturated heterocycles. The second kappa shape index (κ2) is 10.2. The van der Waals surface area contributed by atoms with E-state index in [1.54, 1.807) is 13.2 Å². The van der Waals surface area contributed by atoms with Crippen LogP contribution >= 0.6 is 24.0 Å². The minimum atomic E-state index is -4.79. The predicted octanol–water partition coefficient (Wildman–Crippen LogP) is 4.74. The molecule has 0 aliphatic carbocycles.